The van der Waals surface area contributed by atoms with Crippen molar-refractivity contribution in [2.45, 2.75) is 71.1 Å². The molecule has 1 aliphatic rings. The number of aromatic nitrogens is 3. The summed E-state index contributed by atoms with van der Waals surface area (Å²) in [5, 5.41) is 2.87. The van der Waals surface area contributed by atoms with E-state index in [1.54, 1.807) is 6.20 Å². The first kappa shape index (κ1) is 26.1. The summed E-state index contributed by atoms with van der Waals surface area (Å²) >= 11 is 0. The van der Waals surface area contributed by atoms with Gasteiger partial charge in [-0.25, -0.2) is 14.8 Å². The average Bonchev–Trinajstić information content (AvgIpc) is 2.82. The summed E-state index contributed by atoms with van der Waals surface area (Å²) in [5.41, 5.74) is 1.50. The first-order valence-electron chi connectivity index (χ1n) is 12.3. The minimum Gasteiger partial charge on any atom is -0.489 e. The molecule has 2 aromatic heterocycles. The Morgan fingerprint density at radius 2 is 1.54 bits per heavy atom. The van der Waals surface area contributed by atoms with Crippen molar-refractivity contribution in [3.05, 3.63) is 72.1 Å². The van der Waals surface area contributed by atoms with Crippen LogP contribution in [0.25, 0.3) is 0 Å². The van der Waals surface area contributed by atoms with E-state index in [2.05, 4.69) is 27.2 Å². The second-order valence-electron chi connectivity index (χ2n) is 10.2. The van der Waals surface area contributed by atoms with Gasteiger partial charge in [0.15, 0.2) is 17.4 Å². The van der Waals surface area contributed by atoms with Crippen molar-refractivity contribution < 1.29 is 23.8 Å². The van der Waals surface area contributed by atoms with Crippen LogP contribution in [0.5, 0.6) is 17.2 Å². The van der Waals surface area contributed by atoms with Gasteiger partial charge in [0, 0.05) is 37.4 Å². The molecule has 0 saturated heterocycles. The van der Waals surface area contributed by atoms with Crippen LogP contribution in [0, 0.1) is 0 Å². The van der Waals surface area contributed by atoms with Gasteiger partial charge in [-0.05, 0) is 50.6 Å². The van der Waals surface area contributed by atoms with E-state index in [0.29, 0.717) is 17.2 Å². The lowest BCUT2D eigenvalue weighted by atomic mass is 9.89. The molecule has 0 radical (unpaired) electrons. The number of rotatable bonds is 8. The molecule has 1 aromatic carbocycles. The molecule has 1 atom stereocenters. The van der Waals surface area contributed by atoms with E-state index in [9.17, 15) is 9.59 Å². The van der Waals surface area contributed by atoms with Crippen molar-refractivity contribution in [1.29, 1.82) is 0 Å². The highest BCUT2D eigenvalue weighted by Crippen LogP contribution is 2.29. The number of nitrogens with one attached hydrogen (secondary N) is 1. The molecular formula is C28H32N4O5. The van der Waals surface area contributed by atoms with Gasteiger partial charge in [-0.2, -0.15) is 0 Å². The first-order chi connectivity index (χ1) is 17.6. The Balaban J connectivity index is 1.26. The van der Waals surface area contributed by atoms with Crippen molar-refractivity contribution >= 4 is 11.9 Å². The topological polar surface area (TPSA) is 113 Å². The van der Waals surface area contributed by atoms with Gasteiger partial charge in [0.2, 0.25) is 0 Å². The smallest absolute Gasteiger partial charge is 0.407 e. The van der Waals surface area contributed by atoms with Gasteiger partial charge in [-0.1, -0.05) is 19.1 Å². The Morgan fingerprint density at radius 3 is 2.11 bits per heavy atom. The molecule has 194 valence electrons. The lowest BCUT2D eigenvalue weighted by Crippen LogP contribution is -2.50. The fourth-order valence-electron chi connectivity index (χ4n) is 3.85. The summed E-state index contributed by atoms with van der Waals surface area (Å²) in [7, 11) is 0. The van der Waals surface area contributed by atoms with Crippen molar-refractivity contribution in [1.82, 2.24) is 20.3 Å². The van der Waals surface area contributed by atoms with Crippen LogP contribution in [0.4, 0.5) is 4.79 Å². The van der Waals surface area contributed by atoms with Crippen molar-refractivity contribution in [3.8, 4) is 17.2 Å². The monoisotopic (exact) mass is 504 g/mol. The van der Waals surface area contributed by atoms with Crippen LogP contribution in [0.15, 0.2) is 55.0 Å². The van der Waals surface area contributed by atoms with Gasteiger partial charge in [0.25, 0.3) is 0 Å². The van der Waals surface area contributed by atoms with Crippen LogP contribution in [-0.2, 0) is 4.74 Å². The maximum Gasteiger partial charge on any atom is 0.407 e. The number of hydrogen-bond donors (Lipinski definition) is 1. The first-order valence-corrected chi connectivity index (χ1v) is 12.3. The van der Waals surface area contributed by atoms with Crippen LogP contribution in [0.2, 0.25) is 0 Å². The molecule has 37 heavy (non-hydrogen) atoms. The molecule has 0 aliphatic heterocycles. The molecule has 0 spiro atoms. The quantitative estimate of drug-likeness (QED) is 0.403. The molecule has 1 N–H and O–H groups in total. The number of alkyl carbamates (subject to hydrolysis) is 1. The molecule has 9 heteroatoms. The molecule has 2 heterocycles. The van der Waals surface area contributed by atoms with E-state index in [1.165, 1.54) is 19.3 Å². The second kappa shape index (κ2) is 10.9. The van der Waals surface area contributed by atoms with Gasteiger partial charge < -0.3 is 19.5 Å². The fraction of sp³-hybridized carbons (Fsp3) is 0.393. The molecule has 1 unspecified atom stereocenters. The van der Waals surface area contributed by atoms with Gasteiger partial charge in [0.1, 0.15) is 23.2 Å². The minimum absolute atomic E-state index is 0.0432. The van der Waals surface area contributed by atoms with E-state index in [1.807, 2.05) is 57.2 Å². The van der Waals surface area contributed by atoms with Crippen LogP contribution < -0.4 is 14.8 Å². The molecule has 1 saturated carbocycles. The van der Waals surface area contributed by atoms with Crippen molar-refractivity contribution in [2.75, 3.05) is 0 Å². The summed E-state index contributed by atoms with van der Waals surface area (Å²) in [6, 6.07) is 11.7. The van der Waals surface area contributed by atoms with E-state index >= 15 is 0 Å². The molecule has 3 aromatic rings. The number of amides is 1. The predicted octanol–water partition coefficient (Wildman–Crippen LogP) is 5.45. The molecule has 1 fully saturated rings. The zero-order valence-corrected chi connectivity index (χ0v) is 21.7. The Kier molecular flexibility index (Phi) is 7.71. The Bertz CT molecular complexity index is 1220. The van der Waals surface area contributed by atoms with Crippen LogP contribution in [0.3, 0.4) is 0 Å². The van der Waals surface area contributed by atoms with E-state index in [4.69, 9.17) is 14.2 Å². The van der Waals surface area contributed by atoms with Gasteiger partial charge in [-0.15, -0.1) is 0 Å². The third-order valence-electron chi connectivity index (χ3n) is 5.88. The third-order valence-corrected chi connectivity index (χ3v) is 5.88. The standard InChI is InChI=1S/C28H32N4O5/c1-17(19-6-8-21(9-7-19)35-24-15-30-26(18(2)33)31-16-24)25-11-10-22(14-29-25)36-23-12-20(13-23)32-27(34)37-28(3,4)5/h6-11,14-17,20,23H,12-13H2,1-5H3,(H,32,34). The molecule has 0 bridgehead atoms. The van der Waals surface area contributed by atoms with Crippen LogP contribution in [-0.4, -0.2) is 44.6 Å². The zero-order valence-electron chi connectivity index (χ0n) is 21.7. The highest BCUT2D eigenvalue weighted by Gasteiger charge is 2.33. The SMILES string of the molecule is CC(=O)c1ncc(Oc2ccc(C(C)c3ccc(OC4CC(NC(=O)OC(C)(C)C)C4)cn3)cc2)cn1. The van der Waals surface area contributed by atoms with E-state index in [0.717, 1.165) is 24.1 Å². The minimum atomic E-state index is -0.510. The number of hydrogen-bond acceptors (Lipinski definition) is 8. The third kappa shape index (κ3) is 7.25. The van der Waals surface area contributed by atoms with E-state index in [-0.39, 0.29) is 29.7 Å². The van der Waals surface area contributed by atoms with Crippen LogP contribution in [0.1, 0.15) is 75.3 Å². The summed E-state index contributed by atoms with van der Waals surface area (Å²) < 4.78 is 17.1. The summed E-state index contributed by atoms with van der Waals surface area (Å²) in [6.07, 6.45) is 5.82. The van der Waals surface area contributed by atoms with Gasteiger partial charge >= 0.3 is 6.09 Å². The van der Waals surface area contributed by atoms with E-state index < -0.39 is 11.7 Å². The normalized spacial score (nSPS) is 17.8. The summed E-state index contributed by atoms with van der Waals surface area (Å²) in [4.78, 5) is 35.8. The highest BCUT2D eigenvalue weighted by atomic mass is 16.6. The van der Waals surface area contributed by atoms with Crippen LogP contribution >= 0.6 is 0 Å². The number of benzene rings is 1. The molecule has 1 aliphatic carbocycles. The Hall–Kier alpha value is -4.01. The molecule has 9 nitrogen and oxygen atoms in total. The molecule has 4 rings (SSSR count). The average molecular weight is 505 g/mol. The Morgan fingerprint density at radius 1 is 0.919 bits per heavy atom. The highest BCUT2D eigenvalue weighted by molar-refractivity contribution is 5.90. The fourth-order valence-corrected chi connectivity index (χ4v) is 3.85. The Labute approximate surface area is 216 Å². The summed E-state index contributed by atoms with van der Waals surface area (Å²) in [6.45, 7) is 9.04. The predicted molar refractivity (Wildman–Crippen MR) is 137 cm³/mol. The number of nitrogens with zero attached hydrogens (tertiary/aromatic N) is 3. The zero-order chi connectivity index (χ0) is 26.6. The number of carbonyl (C=O) groups excluding carboxylic acids is 2. The number of pyridine rings is 1. The van der Waals surface area contributed by atoms with Gasteiger partial charge in [0.05, 0.1) is 18.6 Å². The maximum atomic E-state index is 11.9. The largest absolute Gasteiger partial charge is 0.489 e. The van der Waals surface area contributed by atoms with Gasteiger partial charge in [-0.3, -0.25) is 9.78 Å². The lowest BCUT2D eigenvalue weighted by molar-refractivity contribution is 0.0362. The second-order valence-corrected chi connectivity index (χ2v) is 10.2. The summed E-state index contributed by atoms with van der Waals surface area (Å²) in [5.74, 6) is 1.86. The number of Topliss-reactive ketones (excluding diaryl/α,β-unsaturated/α-hetero) is 1. The molecular weight excluding hydrogens is 472 g/mol. The maximum absolute atomic E-state index is 11.9. The van der Waals surface area contributed by atoms with Crippen molar-refractivity contribution in [2.24, 2.45) is 0 Å². The number of carbonyl (C=O) groups is 2. The van der Waals surface area contributed by atoms with Crippen molar-refractivity contribution in [3.63, 3.8) is 0 Å². The number of ketones is 1. The number of ether oxygens (including phenoxy) is 3. The lowest BCUT2D eigenvalue weighted by Gasteiger charge is -2.36. The molecule has 1 amide bonds.